The summed E-state index contributed by atoms with van der Waals surface area (Å²) in [5.41, 5.74) is 1.08. The van der Waals surface area contributed by atoms with Crippen LogP contribution >= 0.6 is 0 Å². The van der Waals surface area contributed by atoms with Gasteiger partial charge in [-0.15, -0.1) is 0 Å². The fraction of sp³-hybridized carbons (Fsp3) is 0.812. The van der Waals surface area contributed by atoms with Gasteiger partial charge in [-0.1, -0.05) is 13.8 Å². The van der Waals surface area contributed by atoms with E-state index in [1.807, 2.05) is 11.6 Å². The summed E-state index contributed by atoms with van der Waals surface area (Å²) >= 11 is 0. The average molecular weight is 297 g/mol. The van der Waals surface area contributed by atoms with Gasteiger partial charge in [0.25, 0.3) is 0 Å². The van der Waals surface area contributed by atoms with Gasteiger partial charge < -0.3 is 14.8 Å². The molecule has 1 N–H and O–H groups in total. The lowest BCUT2D eigenvalue weighted by molar-refractivity contribution is 0.0282. The molecule has 1 aromatic heterocycles. The van der Waals surface area contributed by atoms with Crippen LogP contribution in [0.5, 0.6) is 5.75 Å². The molecule has 5 nitrogen and oxygen atoms in total. The second-order valence-electron chi connectivity index (χ2n) is 5.47. The van der Waals surface area contributed by atoms with Crippen LogP contribution in [0.2, 0.25) is 0 Å². The molecule has 2 atom stereocenters. The first kappa shape index (κ1) is 18.0. The van der Waals surface area contributed by atoms with Crippen molar-refractivity contribution in [2.24, 2.45) is 0 Å². The minimum Gasteiger partial charge on any atom is -0.493 e. The summed E-state index contributed by atoms with van der Waals surface area (Å²) in [6, 6.07) is 0.378. The number of nitrogens with zero attached hydrogens (tertiary/aromatic N) is 2. The minimum absolute atomic E-state index is 0.0924. The van der Waals surface area contributed by atoms with Crippen molar-refractivity contribution in [2.75, 3.05) is 20.3 Å². The van der Waals surface area contributed by atoms with Gasteiger partial charge in [0.1, 0.15) is 5.69 Å². The number of aromatic nitrogens is 2. The maximum absolute atomic E-state index is 5.95. The fourth-order valence-corrected chi connectivity index (χ4v) is 2.59. The molecule has 0 radical (unpaired) electrons. The molecule has 1 rings (SSSR count). The number of nitrogens with one attached hydrogen (secondary N) is 1. The summed E-state index contributed by atoms with van der Waals surface area (Å²) in [6.07, 6.45) is 3.94. The van der Waals surface area contributed by atoms with Crippen molar-refractivity contribution >= 4 is 0 Å². The molecule has 2 unspecified atom stereocenters. The molecule has 0 amide bonds. The predicted octanol–water partition coefficient (Wildman–Crippen LogP) is 3.33. The van der Waals surface area contributed by atoms with E-state index in [9.17, 15) is 0 Å². The van der Waals surface area contributed by atoms with Crippen molar-refractivity contribution in [3.05, 3.63) is 11.9 Å². The van der Waals surface area contributed by atoms with Crippen LogP contribution in [0.25, 0.3) is 0 Å². The van der Waals surface area contributed by atoms with Crippen molar-refractivity contribution in [3.63, 3.8) is 0 Å². The Morgan fingerprint density at radius 1 is 1.29 bits per heavy atom. The van der Waals surface area contributed by atoms with Crippen LogP contribution in [0.3, 0.4) is 0 Å². The highest BCUT2D eigenvalue weighted by Crippen LogP contribution is 2.31. The van der Waals surface area contributed by atoms with Gasteiger partial charge in [-0.2, -0.15) is 5.10 Å². The minimum atomic E-state index is 0.0924. The topological polar surface area (TPSA) is 48.3 Å². The van der Waals surface area contributed by atoms with E-state index in [1.54, 1.807) is 13.3 Å². The molecule has 0 aliphatic rings. The normalized spacial score (nSPS) is 14.4. The average Bonchev–Trinajstić information content (AvgIpc) is 2.90. The summed E-state index contributed by atoms with van der Waals surface area (Å²) < 4.78 is 13.5. The van der Waals surface area contributed by atoms with Crippen LogP contribution in [-0.4, -0.2) is 36.1 Å². The van der Waals surface area contributed by atoms with Gasteiger partial charge in [-0.05, 0) is 40.2 Å². The van der Waals surface area contributed by atoms with E-state index in [0.717, 1.165) is 30.8 Å². The Bertz CT molecular complexity index is 404. The highest BCUT2D eigenvalue weighted by atomic mass is 16.5. The summed E-state index contributed by atoms with van der Waals surface area (Å²) in [7, 11) is 1.70. The number of ether oxygens (including phenoxy) is 2. The van der Waals surface area contributed by atoms with E-state index in [-0.39, 0.29) is 18.2 Å². The van der Waals surface area contributed by atoms with Crippen molar-refractivity contribution in [2.45, 2.75) is 65.6 Å². The first-order valence-electron chi connectivity index (χ1n) is 8.06. The standard InChI is InChI=1S/C16H31N3O2/c1-7-10-17-15(13(8-2)21-9-3)16-14(20-6)11-18-19(16)12(4)5/h11-13,15,17H,7-10H2,1-6H3. The zero-order chi connectivity index (χ0) is 15.8. The quantitative estimate of drug-likeness (QED) is 0.719. The number of rotatable bonds is 10. The highest BCUT2D eigenvalue weighted by molar-refractivity contribution is 5.29. The molecule has 122 valence electrons. The molecule has 0 aliphatic carbocycles. The Hall–Kier alpha value is -1.07. The van der Waals surface area contributed by atoms with Crippen molar-refractivity contribution in [1.82, 2.24) is 15.1 Å². The second-order valence-corrected chi connectivity index (χ2v) is 5.47. The van der Waals surface area contributed by atoms with Gasteiger partial charge >= 0.3 is 0 Å². The second kappa shape index (κ2) is 9.05. The van der Waals surface area contributed by atoms with Crippen LogP contribution in [0.1, 0.15) is 65.2 Å². The monoisotopic (exact) mass is 297 g/mol. The van der Waals surface area contributed by atoms with Crippen LogP contribution in [-0.2, 0) is 4.74 Å². The molecule has 0 saturated heterocycles. The lowest BCUT2D eigenvalue weighted by atomic mass is 10.0. The molecule has 1 aromatic rings. The van der Waals surface area contributed by atoms with E-state index in [4.69, 9.17) is 9.47 Å². The number of hydrogen-bond donors (Lipinski definition) is 1. The summed E-state index contributed by atoms with van der Waals surface area (Å²) in [5, 5.41) is 8.10. The van der Waals surface area contributed by atoms with Crippen LogP contribution in [0.15, 0.2) is 6.20 Å². The zero-order valence-corrected chi connectivity index (χ0v) is 14.3. The van der Waals surface area contributed by atoms with Crippen molar-refractivity contribution < 1.29 is 9.47 Å². The van der Waals surface area contributed by atoms with Gasteiger partial charge in [0.05, 0.1) is 25.5 Å². The lowest BCUT2D eigenvalue weighted by Gasteiger charge is -2.29. The van der Waals surface area contributed by atoms with Gasteiger partial charge in [-0.25, -0.2) is 0 Å². The predicted molar refractivity (Wildman–Crippen MR) is 85.9 cm³/mol. The van der Waals surface area contributed by atoms with Gasteiger partial charge in [0.2, 0.25) is 0 Å². The van der Waals surface area contributed by atoms with Crippen LogP contribution in [0, 0.1) is 0 Å². The van der Waals surface area contributed by atoms with Gasteiger partial charge in [0.15, 0.2) is 5.75 Å². The highest BCUT2D eigenvalue weighted by Gasteiger charge is 2.29. The third-order valence-electron chi connectivity index (χ3n) is 3.57. The van der Waals surface area contributed by atoms with Crippen molar-refractivity contribution in [1.29, 1.82) is 0 Å². The first-order valence-corrected chi connectivity index (χ1v) is 8.06. The molecule has 0 saturated carbocycles. The molecule has 21 heavy (non-hydrogen) atoms. The van der Waals surface area contributed by atoms with Gasteiger partial charge in [-0.3, -0.25) is 4.68 Å². The molecular formula is C16H31N3O2. The van der Waals surface area contributed by atoms with Crippen molar-refractivity contribution in [3.8, 4) is 5.75 Å². The van der Waals surface area contributed by atoms with Crippen LogP contribution < -0.4 is 10.1 Å². The maximum atomic E-state index is 5.95. The summed E-state index contributed by atoms with van der Waals surface area (Å²) in [4.78, 5) is 0. The van der Waals surface area contributed by atoms with Gasteiger partial charge in [0, 0.05) is 12.6 Å². The third kappa shape index (κ3) is 4.45. The fourth-order valence-electron chi connectivity index (χ4n) is 2.59. The molecule has 0 bridgehead atoms. The van der Waals surface area contributed by atoms with E-state index in [2.05, 4.69) is 38.1 Å². The molecular weight excluding hydrogens is 266 g/mol. The maximum Gasteiger partial charge on any atom is 0.161 e. The smallest absolute Gasteiger partial charge is 0.161 e. The third-order valence-corrected chi connectivity index (χ3v) is 3.57. The molecule has 1 heterocycles. The van der Waals surface area contributed by atoms with E-state index in [0.29, 0.717) is 6.61 Å². The molecule has 0 spiro atoms. The van der Waals surface area contributed by atoms with E-state index in [1.165, 1.54) is 0 Å². The number of methoxy groups -OCH3 is 1. The SMILES string of the molecule is CCCNC(c1c(OC)cnn1C(C)C)C(CC)OCC. The Morgan fingerprint density at radius 3 is 2.48 bits per heavy atom. The molecule has 0 aromatic carbocycles. The largest absolute Gasteiger partial charge is 0.493 e. The van der Waals surface area contributed by atoms with E-state index >= 15 is 0 Å². The summed E-state index contributed by atoms with van der Waals surface area (Å²) in [6.45, 7) is 12.3. The first-order chi connectivity index (χ1) is 10.1. The Morgan fingerprint density at radius 2 is 2.00 bits per heavy atom. The Kier molecular flexibility index (Phi) is 7.75. The van der Waals surface area contributed by atoms with E-state index < -0.39 is 0 Å². The van der Waals surface area contributed by atoms with Crippen LogP contribution in [0.4, 0.5) is 0 Å². The lowest BCUT2D eigenvalue weighted by Crippen LogP contribution is -2.36. The Balaban J connectivity index is 3.19. The zero-order valence-electron chi connectivity index (χ0n) is 14.3. The Labute approximate surface area is 129 Å². The summed E-state index contributed by atoms with van der Waals surface area (Å²) in [5.74, 6) is 0.829. The molecule has 0 aliphatic heterocycles. The molecule has 0 fully saturated rings. The number of hydrogen-bond acceptors (Lipinski definition) is 4. The molecule has 5 heteroatoms.